The highest BCUT2D eigenvalue weighted by Gasteiger charge is 2.70. The number of carbonyl (C=O) groups excluding carboxylic acids is 2. The molecule has 376 valence electrons. The number of aliphatic hydroxyl groups excluding tert-OH is 9. The van der Waals surface area contributed by atoms with Gasteiger partial charge in [0.1, 0.15) is 61.0 Å². The van der Waals surface area contributed by atoms with Crippen molar-refractivity contribution in [3.63, 3.8) is 0 Å². The zero-order valence-corrected chi connectivity index (χ0v) is 39.7. The molecule has 0 aromatic heterocycles. The molecule has 0 aromatic carbocycles. The molecule has 7 fully saturated rings. The van der Waals surface area contributed by atoms with Crippen LogP contribution < -0.4 is 0 Å². The van der Waals surface area contributed by atoms with Gasteiger partial charge in [-0.2, -0.15) is 0 Å². The first-order valence-corrected chi connectivity index (χ1v) is 24.1. The molecule has 8 rings (SSSR count). The van der Waals surface area contributed by atoms with E-state index in [1.165, 1.54) is 5.57 Å². The van der Waals surface area contributed by atoms with Crippen molar-refractivity contribution in [2.45, 2.75) is 205 Å². The van der Waals surface area contributed by atoms with Crippen molar-refractivity contribution in [1.82, 2.24) is 0 Å². The lowest BCUT2D eigenvalue weighted by molar-refractivity contribution is -0.342. The third-order valence-electron chi connectivity index (χ3n) is 19.1. The summed E-state index contributed by atoms with van der Waals surface area (Å²) >= 11 is 0. The number of allylic oxidation sites excluding steroid dienone is 2. The summed E-state index contributed by atoms with van der Waals surface area (Å²) in [4.78, 5) is 27.8. The molecule has 3 heterocycles. The maximum atomic E-state index is 14.7. The first-order valence-electron chi connectivity index (χ1n) is 24.1. The number of esters is 2. The summed E-state index contributed by atoms with van der Waals surface area (Å²) < 4.78 is 40.5. The highest BCUT2D eigenvalue weighted by Crippen LogP contribution is 2.76. The van der Waals surface area contributed by atoms with Crippen LogP contribution in [0, 0.1) is 50.2 Å². The molecular formula is C48H76O18. The second kappa shape index (κ2) is 17.8. The minimum absolute atomic E-state index is 0.0582. The number of ether oxygens (including phenoxy) is 7. The SMILES string of the molecule is COC(=O)C1O[C@@H](O[C@H]2CC[C@]3(C)[C@H]4CC=C5[C@@H]6CC(C)(C)CC[C@]6(C(=O)O[C@@H]6O[C@H](CO)[C@@H](O)[C@H](O)[C@H]6O)CC[C@@]5(C)[C@]4(C)CC[C@H]3C2(C)C)[C@H](O)[C@@H](O)[C@@H]1O[C@@H]1O[C@@H](CO)[C@H](O)[C@H]1O. The molecule has 66 heavy (non-hydrogen) atoms. The summed E-state index contributed by atoms with van der Waals surface area (Å²) in [6, 6.07) is 0. The number of methoxy groups -OCH3 is 1. The fraction of sp³-hybridized carbons (Fsp3) is 0.917. The Balaban J connectivity index is 1.02. The van der Waals surface area contributed by atoms with E-state index in [9.17, 15) is 55.5 Å². The topological polar surface area (TPSA) is 281 Å². The van der Waals surface area contributed by atoms with E-state index in [1.807, 2.05) is 0 Å². The smallest absolute Gasteiger partial charge is 0.337 e. The molecule has 0 amide bonds. The molecule has 0 spiro atoms. The van der Waals surface area contributed by atoms with Gasteiger partial charge in [-0.05, 0) is 109 Å². The monoisotopic (exact) mass is 941 g/mol. The van der Waals surface area contributed by atoms with E-state index in [4.69, 9.17) is 33.2 Å². The van der Waals surface area contributed by atoms with Gasteiger partial charge in [0.15, 0.2) is 18.7 Å². The zero-order valence-electron chi connectivity index (χ0n) is 39.7. The van der Waals surface area contributed by atoms with Crippen LogP contribution in [0.5, 0.6) is 0 Å². The van der Waals surface area contributed by atoms with Crippen LogP contribution >= 0.6 is 0 Å². The summed E-state index contributed by atoms with van der Waals surface area (Å²) in [7, 11) is 1.13. The Morgan fingerprint density at radius 2 is 1.26 bits per heavy atom. The Hall–Kier alpha value is -1.88. The van der Waals surface area contributed by atoms with Crippen LogP contribution in [0.4, 0.5) is 0 Å². The number of aliphatic hydroxyl groups is 9. The average molecular weight is 941 g/mol. The maximum absolute atomic E-state index is 14.7. The van der Waals surface area contributed by atoms with Crippen LogP contribution in [-0.2, 0) is 42.7 Å². The maximum Gasteiger partial charge on any atom is 0.337 e. The van der Waals surface area contributed by atoms with Crippen molar-refractivity contribution in [2.75, 3.05) is 20.3 Å². The lowest BCUT2D eigenvalue weighted by Gasteiger charge is -2.71. The molecule has 5 aliphatic carbocycles. The third kappa shape index (κ3) is 7.74. The predicted octanol–water partition coefficient (Wildman–Crippen LogP) is 0.960. The van der Waals surface area contributed by atoms with Crippen molar-refractivity contribution < 1.29 is 88.7 Å². The van der Waals surface area contributed by atoms with Crippen molar-refractivity contribution in [1.29, 1.82) is 0 Å². The van der Waals surface area contributed by atoms with Gasteiger partial charge < -0.3 is 79.1 Å². The second-order valence-electron chi connectivity index (χ2n) is 23.2. The van der Waals surface area contributed by atoms with Gasteiger partial charge in [-0.3, -0.25) is 4.79 Å². The molecule has 4 saturated carbocycles. The molecule has 1 unspecified atom stereocenters. The minimum Gasteiger partial charge on any atom is -0.467 e. The first-order chi connectivity index (χ1) is 30.9. The normalized spacial score (nSPS) is 51.9. The summed E-state index contributed by atoms with van der Waals surface area (Å²) in [5.74, 6) is -1.13. The largest absolute Gasteiger partial charge is 0.467 e. The first kappa shape index (κ1) is 50.5. The number of hydrogen-bond donors (Lipinski definition) is 9. The molecule has 8 aliphatic rings. The fourth-order valence-electron chi connectivity index (χ4n) is 14.9. The second-order valence-corrected chi connectivity index (χ2v) is 23.2. The van der Waals surface area contributed by atoms with E-state index >= 15 is 0 Å². The highest BCUT2D eigenvalue weighted by molar-refractivity contribution is 5.79. The van der Waals surface area contributed by atoms with Gasteiger partial charge in [-0.1, -0.05) is 60.1 Å². The number of fused-ring (bicyclic) bond motifs is 7. The van der Waals surface area contributed by atoms with Crippen LogP contribution in [0.1, 0.15) is 113 Å². The quantitative estimate of drug-likeness (QED) is 0.0885. The average Bonchev–Trinajstić information content (AvgIpc) is 3.54. The van der Waals surface area contributed by atoms with Gasteiger partial charge in [-0.15, -0.1) is 0 Å². The molecule has 0 aromatic rings. The van der Waals surface area contributed by atoms with Crippen molar-refractivity contribution >= 4 is 11.9 Å². The van der Waals surface area contributed by atoms with Crippen LogP contribution in [0.15, 0.2) is 11.6 Å². The van der Waals surface area contributed by atoms with Gasteiger partial charge in [0.25, 0.3) is 0 Å². The van der Waals surface area contributed by atoms with Gasteiger partial charge in [0, 0.05) is 0 Å². The lowest BCUT2D eigenvalue weighted by atomic mass is 9.33. The Morgan fingerprint density at radius 1 is 0.667 bits per heavy atom. The Morgan fingerprint density at radius 3 is 1.91 bits per heavy atom. The molecule has 3 saturated heterocycles. The van der Waals surface area contributed by atoms with E-state index in [0.717, 1.165) is 52.1 Å². The Kier molecular flexibility index (Phi) is 13.6. The van der Waals surface area contributed by atoms with Crippen LogP contribution in [0.25, 0.3) is 0 Å². The highest BCUT2D eigenvalue weighted by atomic mass is 16.8. The summed E-state index contributed by atoms with van der Waals surface area (Å²) in [6.07, 6.45) is -12.2. The summed E-state index contributed by atoms with van der Waals surface area (Å²) in [5.41, 5.74) is -0.703. The molecule has 0 radical (unpaired) electrons. The van der Waals surface area contributed by atoms with E-state index < -0.39 is 128 Å². The Labute approximate surface area is 386 Å². The van der Waals surface area contributed by atoms with Gasteiger partial charge >= 0.3 is 11.9 Å². The molecule has 18 nitrogen and oxygen atoms in total. The van der Waals surface area contributed by atoms with Gasteiger partial charge in [-0.25, -0.2) is 4.79 Å². The van der Waals surface area contributed by atoms with E-state index in [1.54, 1.807) is 0 Å². The molecule has 9 N–H and O–H groups in total. The molecule has 0 bridgehead atoms. The Bertz CT molecular complexity index is 1840. The summed E-state index contributed by atoms with van der Waals surface area (Å²) in [5, 5.41) is 94.8. The fourth-order valence-corrected chi connectivity index (χ4v) is 14.9. The number of rotatable bonds is 9. The number of carbonyl (C=O) groups is 2. The van der Waals surface area contributed by atoms with Crippen LogP contribution in [0.2, 0.25) is 0 Å². The number of hydrogen-bond acceptors (Lipinski definition) is 18. The summed E-state index contributed by atoms with van der Waals surface area (Å²) in [6.45, 7) is 14.8. The van der Waals surface area contributed by atoms with E-state index in [0.29, 0.717) is 19.3 Å². The third-order valence-corrected chi connectivity index (χ3v) is 19.1. The van der Waals surface area contributed by atoms with Crippen molar-refractivity contribution in [3.8, 4) is 0 Å². The molecular weight excluding hydrogens is 865 g/mol. The lowest BCUT2D eigenvalue weighted by Crippen LogP contribution is -2.66. The van der Waals surface area contributed by atoms with Crippen molar-refractivity contribution in [2.24, 2.45) is 50.2 Å². The van der Waals surface area contributed by atoms with Gasteiger partial charge in [0.2, 0.25) is 6.29 Å². The minimum atomic E-state index is -1.76. The standard InChI is InChI=1S/C48H76O18/c1-43(2)15-17-48(42(59)66-40-34(56)31(53)29(51)24(20-49)62-40)18-16-46(6)22(23(48)19-43)9-10-27-45(5)13-12-28(44(3,4)26(45)11-14-47(27,46)7)63-41-35(57)32(54)36(37(65-41)38(58)60-8)64-39-33(55)30(52)25(21-50)61-39/h9,23-37,39-41,49-57H,10-21H2,1-8H3/t23-,24+,25-,26-,27+,28-,29+,30-,31-,32+,33+,34+,35+,36-,37?,39-,40-,41+,45-,46+,47+,48-/m0/s1. The predicted molar refractivity (Wildman–Crippen MR) is 229 cm³/mol. The molecule has 18 heteroatoms. The molecule has 3 aliphatic heterocycles. The van der Waals surface area contributed by atoms with Crippen molar-refractivity contribution in [3.05, 3.63) is 11.6 Å². The van der Waals surface area contributed by atoms with Crippen LogP contribution in [-0.4, -0.2) is 170 Å². The van der Waals surface area contributed by atoms with E-state index in [2.05, 4.69) is 54.5 Å². The zero-order chi connectivity index (χ0) is 48.3. The van der Waals surface area contributed by atoms with Gasteiger partial charge in [0.05, 0.1) is 31.8 Å². The van der Waals surface area contributed by atoms with Crippen LogP contribution in [0.3, 0.4) is 0 Å². The van der Waals surface area contributed by atoms with E-state index in [-0.39, 0.29) is 39.4 Å². The molecule has 22 atom stereocenters.